The fourth-order valence-electron chi connectivity index (χ4n) is 3.39. The van der Waals surface area contributed by atoms with Gasteiger partial charge in [0.25, 0.3) is 0 Å². The predicted octanol–water partition coefficient (Wildman–Crippen LogP) is 4.14. The number of benzene rings is 1. The van der Waals surface area contributed by atoms with Crippen molar-refractivity contribution < 1.29 is 23.4 Å². The Morgan fingerprint density at radius 3 is 2.46 bits per heavy atom. The number of rotatable bonds is 10. The third-order valence-electron chi connectivity index (χ3n) is 4.69. The maximum Gasteiger partial charge on any atom is 0.190 e. The molecule has 0 aromatic heterocycles. The van der Waals surface area contributed by atoms with Crippen LogP contribution in [-0.2, 0) is 4.74 Å². The van der Waals surface area contributed by atoms with Crippen molar-refractivity contribution >= 4 is 15.9 Å². The Kier molecular flexibility index (Phi) is 9.25. The average molecular weight is 436 g/mol. The molecule has 0 saturated heterocycles. The minimum Gasteiger partial charge on any atom is -0.485 e. The van der Waals surface area contributed by atoms with Gasteiger partial charge in [-0.25, -0.2) is 8.78 Å². The number of likely N-dealkylation sites (N-methyl/N-ethyl adjacent to an activating group) is 1. The van der Waals surface area contributed by atoms with Crippen LogP contribution in [0, 0.1) is 11.6 Å². The van der Waals surface area contributed by atoms with E-state index < -0.39 is 23.5 Å². The second-order valence-corrected chi connectivity index (χ2v) is 7.57. The van der Waals surface area contributed by atoms with Crippen molar-refractivity contribution in [2.45, 2.75) is 51.2 Å². The monoisotopic (exact) mass is 435 g/mol. The Labute approximate surface area is 162 Å². The van der Waals surface area contributed by atoms with Crippen molar-refractivity contribution in [3.63, 3.8) is 0 Å². The smallest absolute Gasteiger partial charge is 0.190 e. The van der Waals surface area contributed by atoms with Gasteiger partial charge in [0.05, 0.1) is 19.3 Å². The molecule has 0 spiro atoms. The van der Waals surface area contributed by atoms with Crippen molar-refractivity contribution in [1.82, 2.24) is 4.90 Å². The Morgan fingerprint density at radius 2 is 1.85 bits per heavy atom. The second kappa shape index (κ2) is 11.2. The molecule has 26 heavy (non-hydrogen) atoms. The normalized spacial score (nSPS) is 16.8. The first-order valence-electron chi connectivity index (χ1n) is 9.28. The van der Waals surface area contributed by atoms with Crippen LogP contribution in [0.15, 0.2) is 16.6 Å². The van der Waals surface area contributed by atoms with Gasteiger partial charge >= 0.3 is 0 Å². The van der Waals surface area contributed by atoms with Gasteiger partial charge in [-0.15, -0.1) is 0 Å². The summed E-state index contributed by atoms with van der Waals surface area (Å²) < 4.78 is 38.1. The van der Waals surface area contributed by atoms with Crippen LogP contribution in [0.2, 0.25) is 0 Å². The molecule has 0 radical (unpaired) electrons. The fraction of sp³-hybridized carbons (Fsp3) is 0.684. The number of hydrogen-bond acceptors (Lipinski definition) is 4. The average Bonchev–Trinajstić information content (AvgIpc) is 2.62. The highest BCUT2D eigenvalue weighted by Gasteiger charge is 2.22. The van der Waals surface area contributed by atoms with E-state index in [-0.39, 0.29) is 19.8 Å². The van der Waals surface area contributed by atoms with Crippen molar-refractivity contribution in [2.24, 2.45) is 0 Å². The Bertz CT molecular complexity index is 533. The van der Waals surface area contributed by atoms with E-state index in [9.17, 15) is 13.9 Å². The van der Waals surface area contributed by atoms with Gasteiger partial charge in [0.15, 0.2) is 17.4 Å². The quantitative estimate of drug-likeness (QED) is 0.560. The van der Waals surface area contributed by atoms with Crippen LogP contribution < -0.4 is 4.74 Å². The third kappa shape index (κ3) is 6.76. The molecule has 1 atom stereocenters. The highest BCUT2D eigenvalue weighted by Crippen LogP contribution is 2.26. The first-order valence-corrected chi connectivity index (χ1v) is 10.1. The van der Waals surface area contributed by atoms with Crippen LogP contribution in [0.1, 0.15) is 39.0 Å². The lowest BCUT2D eigenvalue weighted by Gasteiger charge is -2.34. The predicted molar refractivity (Wildman–Crippen MR) is 100 cm³/mol. The van der Waals surface area contributed by atoms with Crippen LogP contribution in [0.3, 0.4) is 0 Å². The van der Waals surface area contributed by atoms with Gasteiger partial charge in [0, 0.05) is 17.1 Å². The van der Waals surface area contributed by atoms with Gasteiger partial charge in [0.1, 0.15) is 6.61 Å². The summed E-state index contributed by atoms with van der Waals surface area (Å²) in [5.74, 6) is -1.93. The topological polar surface area (TPSA) is 41.9 Å². The summed E-state index contributed by atoms with van der Waals surface area (Å²) in [6, 6.07) is 2.84. The minimum atomic E-state index is -0.761. The molecule has 1 aliphatic carbocycles. The Hall–Kier alpha value is -0.760. The van der Waals surface area contributed by atoms with Crippen molar-refractivity contribution in [3.05, 3.63) is 28.2 Å². The molecule has 4 nitrogen and oxygen atoms in total. The highest BCUT2D eigenvalue weighted by molar-refractivity contribution is 9.10. The van der Waals surface area contributed by atoms with E-state index in [0.29, 0.717) is 17.1 Å². The van der Waals surface area contributed by atoms with Gasteiger partial charge in [-0.05, 0) is 31.5 Å². The third-order valence-corrected chi connectivity index (χ3v) is 5.15. The second-order valence-electron chi connectivity index (χ2n) is 6.66. The summed E-state index contributed by atoms with van der Waals surface area (Å²) in [4.78, 5) is 2.32. The van der Waals surface area contributed by atoms with Gasteiger partial charge in [-0.2, -0.15) is 0 Å². The van der Waals surface area contributed by atoms with Gasteiger partial charge in [-0.1, -0.05) is 42.1 Å². The number of ether oxygens (including phenoxy) is 2. The molecule has 7 heteroatoms. The van der Waals surface area contributed by atoms with E-state index >= 15 is 0 Å². The number of nitrogens with zero attached hydrogens (tertiary/aromatic N) is 1. The Morgan fingerprint density at radius 1 is 1.19 bits per heavy atom. The lowest BCUT2D eigenvalue weighted by molar-refractivity contribution is -0.00176. The fourth-order valence-corrected chi connectivity index (χ4v) is 3.80. The van der Waals surface area contributed by atoms with Crippen molar-refractivity contribution in [3.8, 4) is 5.75 Å². The molecule has 1 aromatic rings. The number of aliphatic hydroxyl groups excluding tert-OH is 1. The summed E-state index contributed by atoms with van der Waals surface area (Å²) in [6.07, 6.45) is 5.62. The van der Waals surface area contributed by atoms with Crippen LogP contribution >= 0.6 is 15.9 Å². The largest absolute Gasteiger partial charge is 0.485 e. The molecule has 0 heterocycles. The number of halogens is 3. The first-order chi connectivity index (χ1) is 12.5. The maximum atomic E-state index is 13.6. The molecule has 0 amide bonds. The van der Waals surface area contributed by atoms with Gasteiger partial charge in [0.2, 0.25) is 0 Å². The van der Waals surface area contributed by atoms with E-state index in [0.717, 1.165) is 18.7 Å². The van der Waals surface area contributed by atoms with Gasteiger partial charge in [-0.3, -0.25) is 4.90 Å². The van der Waals surface area contributed by atoms with Gasteiger partial charge < -0.3 is 14.6 Å². The molecular weight excluding hydrogens is 408 g/mol. The molecule has 0 aliphatic heterocycles. The van der Waals surface area contributed by atoms with Crippen LogP contribution in [-0.4, -0.2) is 55.1 Å². The van der Waals surface area contributed by atoms with Crippen LogP contribution in [0.5, 0.6) is 5.75 Å². The van der Waals surface area contributed by atoms with Crippen LogP contribution in [0.4, 0.5) is 8.78 Å². The molecule has 1 unspecified atom stereocenters. The zero-order valence-electron chi connectivity index (χ0n) is 15.2. The molecule has 2 rings (SSSR count). The van der Waals surface area contributed by atoms with E-state index in [2.05, 4.69) is 27.8 Å². The molecule has 1 fully saturated rings. The van der Waals surface area contributed by atoms with Crippen molar-refractivity contribution in [2.75, 3.05) is 32.9 Å². The van der Waals surface area contributed by atoms with Crippen LogP contribution in [0.25, 0.3) is 0 Å². The summed E-state index contributed by atoms with van der Waals surface area (Å²) in [5, 5.41) is 10.2. The standard InChI is InChI=1S/C19H28BrF2NO3/c1-2-23(15-6-4-3-5-7-15)12-16(24)13-25-8-9-26-19-17(21)10-14(20)11-18(19)22/h10-11,15-16,24H,2-9,12-13H2,1H3. The minimum absolute atomic E-state index is 0.0162. The number of aliphatic hydroxyl groups is 1. The maximum absolute atomic E-state index is 13.6. The summed E-state index contributed by atoms with van der Waals surface area (Å²) in [7, 11) is 0. The first kappa shape index (κ1) is 21.5. The highest BCUT2D eigenvalue weighted by atomic mass is 79.9. The zero-order valence-corrected chi connectivity index (χ0v) is 16.8. The Balaban J connectivity index is 1.66. The molecule has 1 N–H and O–H groups in total. The molecule has 148 valence electrons. The molecule has 1 aliphatic rings. The molecular formula is C19H28BrF2NO3. The summed E-state index contributed by atoms with van der Waals surface area (Å²) in [6.45, 7) is 3.95. The molecule has 1 saturated carbocycles. The molecule has 1 aromatic carbocycles. The lowest BCUT2D eigenvalue weighted by atomic mass is 9.94. The molecule has 0 bridgehead atoms. The van der Waals surface area contributed by atoms with E-state index in [1.807, 2.05) is 0 Å². The summed E-state index contributed by atoms with van der Waals surface area (Å²) in [5.41, 5.74) is 0. The van der Waals surface area contributed by atoms with E-state index in [1.54, 1.807) is 0 Å². The van der Waals surface area contributed by atoms with Crippen molar-refractivity contribution in [1.29, 1.82) is 0 Å². The summed E-state index contributed by atoms with van der Waals surface area (Å²) >= 11 is 3.02. The van der Waals surface area contributed by atoms with E-state index in [4.69, 9.17) is 9.47 Å². The number of hydrogen-bond donors (Lipinski definition) is 1. The lowest BCUT2D eigenvalue weighted by Crippen LogP contribution is -2.42. The zero-order chi connectivity index (χ0) is 18.9. The SMILES string of the molecule is CCN(CC(O)COCCOc1c(F)cc(Br)cc1F)C1CCCCC1. The van der Waals surface area contributed by atoms with E-state index in [1.165, 1.54) is 32.1 Å².